The van der Waals surface area contributed by atoms with Gasteiger partial charge in [0.05, 0.1) is 45.4 Å². The number of rotatable bonds is 14. The van der Waals surface area contributed by atoms with Crippen LogP contribution in [0.25, 0.3) is 39.4 Å². The minimum Gasteiger partial charge on any atom is -0.508 e. The number of cyclic esters (lactones) is 1. The lowest BCUT2D eigenvalue weighted by Gasteiger charge is -2.53. The van der Waals surface area contributed by atoms with E-state index in [2.05, 4.69) is 20.4 Å². The third-order valence-electron chi connectivity index (χ3n) is 16.7. The number of aryl methyl sites for hydroxylation is 1. The number of benzene rings is 3. The van der Waals surface area contributed by atoms with E-state index < -0.39 is 64.3 Å². The van der Waals surface area contributed by atoms with Crippen LogP contribution in [0.2, 0.25) is 0 Å². The first-order chi connectivity index (χ1) is 38.4. The Balaban J connectivity index is 0.695. The van der Waals surface area contributed by atoms with Crippen LogP contribution in [0.15, 0.2) is 53.3 Å². The fourth-order valence-corrected chi connectivity index (χ4v) is 15.2. The maximum atomic E-state index is 15.5. The molecule has 2 atom stereocenters. The molecule has 428 valence electrons. The summed E-state index contributed by atoms with van der Waals surface area (Å²) in [6.45, 7) is 12.1. The highest BCUT2D eigenvalue weighted by Gasteiger charge is 2.47. The van der Waals surface area contributed by atoms with Crippen LogP contribution in [0, 0.1) is 18.2 Å². The van der Waals surface area contributed by atoms with Crippen molar-refractivity contribution in [1.29, 1.82) is 0 Å². The molecule has 11 rings (SSSR count). The highest BCUT2D eigenvalue weighted by atomic mass is 33.1. The summed E-state index contributed by atoms with van der Waals surface area (Å²) in [5.74, 6) is -3.39. The molecular formula is C58H62F4N8O9S2. The molecule has 5 aliphatic rings. The monoisotopic (exact) mass is 1150 g/mol. The molecule has 5 N–H and O–H groups in total. The average Bonchev–Trinajstić information content (AvgIpc) is 2.48. The van der Waals surface area contributed by atoms with Crippen LogP contribution in [0.5, 0.6) is 11.5 Å². The number of fused-ring (bicyclic) bond motifs is 5. The molecule has 3 aromatic heterocycles. The second-order valence-corrected chi connectivity index (χ2v) is 26.3. The van der Waals surface area contributed by atoms with E-state index in [0.29, 0.717) is 63.9 Å². The molecular weight excluding hydrogens is 1090 g/mol. The molecule has 0 radical (unpaired) electrons. The summed E-state index contributed by atoms with van der Waals surface area (Å²) in [5, 5.41) is 47.0. The number of alkyl halides is 3. The molecule has 0 bridgehead atoms. The van der Waals surface area contributed by atoms with Crippen molar-refractivity contribution in [2.75, 3.05) is 26.2 Å². The summed E-state index contributed by atoms with van der Waals surface area (Å²) in [4.78, 5) is 61.1. The van der Waals surface area contributed by atoms with Crippen molar-refractivity contribution in [3.05, 3.63) is 115 Å². The average molecular weight is 1160 g/mol. The number of carbonyl (C=O) groups is 3. The zero-order valence-electron chi connectivity index (χ0n) is 45.6. The lowest BCUT2D eigenvalue weighted by molar-refractivity contribution is -0.172. The molecule has 23 heteroatoms. The zero-order valence-corrected chi connectivity index (χ0v) is 47.2. The summed E-state index contributed by atoms with van der Waals surface area (Å²) >= 11 is 0. The normalized spacial score (nSPS) is 19.5. The third-order valence-corrected chi connectivity index (χ3v) is 20.5. The number of hydrogen-bond donors (Lipinski definition) is 5. The van der Waals surface area contributed by atoms with E-state index in [4.69, 9.17) is 14.5 Å². The Morgan fingerprint density at radius 1 is 0.975 bits per heavy atom. The first-order valence-electron chi connectivity index (χ1n) is 27.1. The van der Waals surface area contributed by atoms with Crippen LogP contribution >= 0.6 is 21.6 Å². The molecule has 17 nitrogen and oxygen atoms in total. The molecule has 1 spiro atoms. The van der Waals surface area contributed by atoms with Gasteiger partial charge in [0.2, 0.25) is 5.82 Å². The standard InChI is InChI=1S/C58H62F4N8O9S2/c1-7-57(77)39-19-43-48-37(23-69(43)52(74)38(39)24-78-53(57)75)47-41(13-12-34-30(4)40(59)20-42(64-48)46(34)47)65-54(76)79-28-55(5,6)81-80-33-14-16-56(17-15-33)26-68(27-56)22-31-8-10-32(11-9-31)70-49(36-18-35(29(2)3)44(71)21-45(36)72)66-67-50(70)51(73)63-25-58(60,61)62/h8-11,18-21,29,33,41,71-72,77H,7,12-17,22-28H2,1-6H3,(H,63,73)(H,65,76)/t41-,57+/m1/s1. The second kappa shape index (κ2) is 20.9. The number of aromatic hydroxyl groups is 2. The number of aliphatic hydroxyl groups is 1. The van der Waals surface area contributed by atoms with Crippen molar-refractivity contribution < 1.29 is 56.7 Å². The van der Waals surface area contributed by atoms with Crippen LogP contribution in [-0.2, 0) is 46.0 Å². The van der Waals surface area contributed by atoms with E-state index in [1.54, 1.807) is 47.4 Å². The van der Waals surface area contributed by atoms with Gasteiger partial charge in [0.25, 0.3) is 11.5 Å². The number of aromatic nitrogens is 5. The molecule has 6 heterocycles. The van der Waals surface area contributed by atoms with Crippen LogP contribution in [0.4, 0.5) is 22.4 Å². The summed E-state index contributed by atoms with van der Waals surface area (Å²) in [6, 6.07) is 12.4. The van der Waals surface area contributed by atoms with Gasteiger partial charge in [-0.25, -0.2) is 19.0 Å². The number of carbonyl (C=O) groups excluding carboxylic acids is 3. The van der Waals surface area contributed by atoms with Crippen molar-refractivity contribution >= 4 is 50.5 Å². The van der Waals surface area contributed by atoms with Crippen LogP contribution in [0.3, 0.4) is 0 Å². The Morgan fingerprint density at radius 3 is 2.40 bits per heavy atom. The Kier molecular flexibility index (Phi) is 14.5. The number of likely N-dealkylation sites (tertiary alicyclic amines) is 1. The number of esters is 1. The molecule has 3 aromatic carbocycles. The minimum absolute atomic E-state index is 0.00843. The molecule has 3 aliphatic heterocycles. The fraction of sp³-hybridized carbons (Fsp3) is 0.466. The third kappa shape index (κ3) is 10.4. The van der Waals surface area contributed by atoms with Gasteiger partial charge in [0, 0.05) is 59.2 Å². The van der Waals surface area contributed by atoms with E-state index in [9.17, 15) is 47.7 Å². The number of halogens is 4. The van der Waals surface area contributed by atoms with Gasteiger partial charge in [-0.3, -0.25) is 19.1 Å². The molecule has 81 heavy (non-hydrogen) atoms. The molecule has 1 saturated carbocycles. The van der Waals surface area contributed by atoms with Gasteiger partial charge in [0.15, 0.2) is 11.4 Å². The number of amides is 2. The van der Waals surface area contributed by atoms with E-state index >= 15 is 4.39 Å². The Hall–Kier alpha value is -6.69. The topological polar surface area (TPSA) is 223 Å². The fourth-order valence-electron chi connectivity index (χ4n) is 12.3. The minimum atomic E-state index is -4.66. The number of phenols is 2. The van der Waals surface area contributed by atoms with Gasteiger partial charge in [0.1, 0.15) is 37.1 Å². The number of alkyl carbamates (subject to hydrolysis) is 1. The van der Waals surface area contributed by atoms with Crippen LogP contribution < -0.4 is 16.2 Å². The van der Waals surface area contributed by atoms with Gasteiger partial charge >= 0.3 is 18.2 Å². The van der Waals surface area contributed by atoms with E-state index in [0.717, 1.165) is 66.9 Å². The quantitative estimate of drug-likeness (QED) is 0.0388. The maximum absolute atomic E-state index is 15.5. The first-order valence-corrected chi connectivity index (χ1v) is 29.4. The number of hydrogen-bond acceptors (Lipinski definition) is 15. The predicted molar refractivity (Wildman–Crippen MR) is 297 cm³/mol. The Bertz CT molecular complexity index is 3610. The van der Waals surface area contributed by atoms with E-state index in [1.807, 2.05) is 55.9 Å². The Labute approximate surface area is 471 Å². The van der Waals surface area contributed by atoms with E-state index in [1.165, 1.54) is 16.7 Å². The van der Waals surface area contributed by atoms with Crippen molar-refractivity contribution in [2.24, 2.45) is 5.41 Å². The number of ether oxygens (including phenoxy) is 2. The smallest absolute Gasteiger partial charge is 0.407 e. The lowest BCUT2D eigenvalue weighted by Crippen LogP contribution is -2.57. The molecule has 0 unspecified atom stereocenters. The summed E-state index contributed by atoms with van der Waals surface area (Å²) in [5.41, 5.74) is 4.06. The molecule has 1 saturated heterocycles. The summed E-state index contributed by atoms with van der Waals surface area (Å²) in [6.07, 6.45) is -0.140. The van der Waals surface area contributed by atoms with Gasteiger partial charge in [-0.05, 0) is 129 Å². The second-order valence-electron chi connectivity index (χ2n) is 23.1. The first kappa shape index (κ1) is 56.2. The molecule has 2 amide bonds. The van der Waals surface area contributed by atoms with Gasteiger partial charge in [-0.15, -0.1) is 10.2 Å². The molecule has 2 fully saturated rings. The van der Waals surface area contributed by atoms with E-state index in [-0.39, 0.29) is 71.5 Å². The van der Waals surface area contributed by atoms with Crippen molar-refractivity contribution in [1.82, 2.24) is 39.8 Å². The largest absolute Gasteiger partial charge is 0.508 e. The number of phenolic OH excluding ortho intramolecular Hbond substituents is 2. The lowest BCUT2D eigenvalue weighted by atomic mass is 9.68. The van der Waals surface area contributed by atoms with Crippen LogP contribution in [-0.4, -0.2) is 105 Å². The number of nitrogens with zero attached hydrogens (tertiary/aromatic N) is 6. The van der Waals surface area contributed by atoms with Crippen LogP contribution in [0.1, 0.15) is 140 Å². The SMILES string of the molecule is CC[C@@]1(O)C(=O)OCc2c1cc1n(c2=O)Cc2c-1nc1cc(F)c(C)c3c1c2[C@H](NC(=O)OCC(C)(C)SSC1CCC2(CC1)CN(Cc1ccc(-n4c(C(=O)NCC(F)(F)F)nnc4-c4cc(C(C)C)c(O)cc4O)cc1)C2)CC3. The number of nitrogens with one attached hydrogen (secondary N) is 2. The summed E-state index contributed by atoms with van der Waals surface area (Å²) < 4.78 is 68.4. The van der Waals surface area contributed by atoms with Crippen molar-refractivity contribution in [2.45, 2.75) is 140 Å². The van der Waals surface area contributed by atoms with Crippen molar-refractivity contribution in [3.8, 4) is 40.0 Å². The zero-order chi connectivity index (χ0) is 57.7. The van der Waals surface area contributed by atoms with Gasteiger partial charge < -0.3 is 40.0 Å². The highest BCUT2D eigenvalue weighted by Crippen LogP contribution is 2.51. The number of pyridine rings is 2. The summed E-state index contributed by atoms with van der Waals surface area (Å²) in [7, 11) is 3.52. The maximum Gasteiger partial charge on any atom is 0.407 e. The van der Waals surface area contributed by atoms with Crippen molar-refractivity contribution in [3.63, 3.8) is 0 Å². The Morgan fingerprint density at radius 2 is 1.70 bits per heavy atom. The van der Waals surface area contributed by atoms with Gasteiger partial charge in [-0.2, -0.15) is 13.2 Å². The molecule has 6 aromatic rings. The van der Waals surface area contributed by atoms with Gasteiger partial charge in [-0.1, -0.05) is 54.5 Å². The molecule has 2 aliphatic carbocycles. The predicted octanol–water partition coefficient (Wildman–Crippen LogP) is 9.92. The highest BCUT2D eigenvalue weighted by molar-refractivity contribution is 8.77.